The summed E-state index contributed by atoms with van der Waals surface area (Å²) in [5.74, 6) is -0.289. The van der Waals surface area contributed by atoms with Crippen molar-refractivity contribution in [3.05, 3.63) is 34.1 Å². The van der Waals surface area contributed by atoms with E-state index in [0.29, 0.717) is 0 Å². The van der Waals surface area contributed by atoms with E-state index in [1.54, 1.807) is 6.07 Å². The van der Waals surface area contributed by atoms with Gasteiger partial charge in [-0.25, -0.2) is 4.39 Å². The Kier molecular flexibility index (Phi) is 5.38. The van der Waals surface area contributed by atoms with Gasteiger partial charge >= 0.3 is 0 Å². The van der Waals surface area contributed by atoms with E-state index in [9.17, 15) is 9.50 Å². The number of hydrogen-bond acceptors (Lipinski definition) is 2. The minimum Gasteiger partial charge on any atom is -0.394 e. The fourth-order valence-corrected chi connectivity index (χ4v) is 2.01. The lowest BCUT2D eigenvalue weighted by molar-refractivity contribution is 0.233. The maximum atomic E-state index is 13.1. The van der Waals surface area contributed by atoms with Crippen LogP contribution in [-0.2, 0) is 0 Å². The molecule has 1 rings (SSSR count). The number of aliphatic hydroxyl groups excluding tert-OH is 1. The Bertz CT molecular complexity index is 346. The van der Waals surface area contributed by atoms with Gasteiger partial charge in [0.15, 0.2) is 0 Å². The zero-order chi connectivity index (χ0) is 12.1. The van der Waals surface area contributed by atoms with Crippen LogP contribution in [0.3, 0.4) is 0 Å². The van der Waals surface area contributed by atoms with E-state index >= 15 is 0 Å². The molecule has 16 heavy (non-hydrogen) atoms. The summed E-state index contributed by atoms with van der Waals surface area (Å²) in [7, 11) is 0. The summed E-state index contributed by atoms with van der Waals surface area (Å²) in [4.78, 5) is 0. The number of hydrogen-bond donors (Lipinski definition) is 2. The molecule has 0 fully saturated rings. The van der Waals surface area contributed by atoms with Crippen molar-refractivity contribution in [1.82, 2.24) is 5.32 Å². The molecule has 0 saturated heterocycles. The molecule has 2 unspecified atom stereocenters. The quantitative estimate of drug-likeness (QED) is 0.873. The van der Waals surface area contributed by atoms with Crippen molar-refractivity contribution in [2.45, 2.75) is 32.4 Å². The van der Waals surface area contributed by atoms with Gasteiger partial charge in [0, 0.05) is 10.5 Å². The van der Waals surface area contributed by atoms with Crippen molar-refractivity contribution < 1.29 is 9.50 Å². The molecule has 0 aliphatic rings. The largest absolute Gasteiger partial charge is 0.394 e. The fourth-order valence-electron chi connectivity index (χ4n) is 1.48. The molecule has 0 amide bonds. The van der Waals surface area contributed by atoms with Crippen molar-refractivity contribution in [2.24, 2.45) is 0 Å². The second-order valence-corrected chi connectivity index (χ2v) is 4.73. The lowest BCUT2D eigenvalue weighted by atomic mass is 10.1. The molecule has 0 spiro atoms. The predicted octanol–water partition coefficient (Wildman–Crippen LogP) is 3.01. The molecule has 2 nitrogen and oxygen atoms in total. The Morgan fingerprint density at radius 2 is 2.19 bits per heavy atom. The van der Waals surface area contributed by atoms with E-state index in [0.717, 1.165) is 16.5 Å². The third kappa shape index (κ3) is 3.54. The fraction of sp³-hybridized carbons (Fsp3) is 0.500. The zero-order valence-corrected chi connectivity index (χ0v) is 11.1. The van der Waals surface area contributed by atoms with E-state index in [1.807, 2.05) is 6.92 Å². The van der Waals surface area contributed by atoms with E-state index in [2.05, 4.69) is 28.2 Å². The molecule has 1 aromatic rings. The topological polar surface area (TPSA) is 32.3 Å². The van der Waals surface area contributed by atoms with Crippen LogP contribution in [0.15, 0.2) is 22.7 Å². The third-order valence-corrected chi connectivity index (χ3v) is 3.34. The minimum atomic E-state index is -0.289. The summed E-state index contributed by atoms with van der Waals surface area (Å²) in [5.41, 5.74) is 0.753. The van der Waals surface area contributed by atoms with Gasteiger partial charge in [0.25, 0.3) is 0 Å². The summed E-state index contributed by atoms with van der Waals surface area (Å²) < 4.78 is 13.9. The molecular weight excluding hydrogens is 273 g/mol. The number of rotatable bonds is 5. The summed E-state index contributed by atoms with van der Waals surface area (Å²) in [6.07, 6.45) is 0.962. The van der Waals surface area contributed by atoms with Crippen LogP contribution in [-0.4, -0.2) is 17.8 Å². The molecule has 0 aliphatic carbocycles. The van der Waals surface area contributed by atoms with E-state index in [1.165, 1.54) is 12.1 Å². The van der Waals surface area contributed by atoms with Crippen LogP contribution in [0.5, 0.6) is 0 Å². The lowest BCUT2D eigenvalue weighted by Gasteiger charge is -2.22. The first-order chi connectivity index (χ1) is 7.58. The second-order valence-electron chi connectivity index (χ2n) is 3.88. The monoisotopic (exact) mass is 289 g/mol. The molecule has 0 aliphatic heterocycles. The molecule has 0 aromatic heterocycles. The maximum Gasteiger partial charge on any atom is 0.123 e. The SMILES string of the molecule is CCC(C)NC(CO)c1cc(F)ccc1Br. The first-order valence-electron chi connectivity index (χ1n) is 5.40. The molecular formula is C12H17BrFNO. The molecule has 2 N–H and O–H groups in total. The van der Waals surface area contributed by atoms with Crippen LogP contribution in [0.2, 0.25) is 0 Å². The van der Waals surface area contributed by atoms with Crippen molar-refractivity contribution in [2.75, 3.05) is 6.61 Å². The Hall–Kier alpha value is -0.450. The highest BCUT2D eigenvalue weighted by Gasteiger charge is 2.15. The minimum absolute atomic E-state index is 0.0492. The molecule has 1 aromatic carbocycles. The highest BCUT2D eigenvalue weighted by molar-refractivity contribution is 9.10. The number of benzene rings is 1. The highest BCUT2D eigenvalue weighted by atomic mass is 79.9. The third-order valence-electron chi connectivity index (χ3n) is 2.61. The lowest BCUT2D eigenvalue weighted by Crippen LogP contribution is -2.32. The predicted molar refractivity (Wildman–Crippen MR) is 66.8 cm³/mol. The molecule has 0 radical (unpaired) electrons. The summed E-state index contributed by atoms with van der Waals surface area (Å²) in [6.45, 7) is 4.05. The van der Waals surface area contributed by atoms with Gasteiger partial charge in [0.1, 0.15) is 5.82 Å². The van der Waals surface area contributed by atoms with Gasteiger partial charge < -0.3 is 10.4 Å². The molecule has 4 heteroatoms. The molecule has 0 bridgehead atoms. The number of aliphatic hydroxyl groups is 1. The van der Waals surface area contributed by atoms with Gasteiger partial charge in [-0.3, -0.25) is 0 Å². The summed E-state index contributed by atoms with van der Waals surface area (Å²) in [6, 6.07) is 4.55. The summed E-state index contributed by atoms with van der Waals surface area (Å²) >= 11 is 3.37. The van der Waals surface area contributed by atoms with Crippen molar-refractivity contribution in [3.8, 4) is 0 Å². The zero-order valence-electron chi connectivity index (χ0n) is 9.50. The van der Waals surface area contributed by atoms with Crippen LogP contribution >= 0.6 is 15.9 Å². The molecule has 0 saturated carbocycles. The first-order valence-corrected chi connectivity index (χ1v) is 6.19. The highest BCUT2D eigenvalue weighted by Crippen LogP contribution is 2.24. The van der Waals surface area contributed by atoms with E-state index in [4.69, 9.17) is 0 Å². The van der Waals surface area contributed by atoms with Gasteiger partial charge in [0.2, 0.25) is 0 Å². The van der Waals surface area contributed by atoms with Crippen LogP contribution < -0.4 is 5.32 Å². The maximum absolute atomic E-state index is 13.1. The van der Waals surface area contributed by atoms with Gasteiger partial charge in [-0.1, -0.05) is 22.9 Å². The van der Waals surface area contributed by atoms with Crippen molar-refractivity contribution in [1.29, 1.82) is 0 Å². The van der Waals surface area contributed by atoms with Crippen LogP contribution in [0, 0.1) is 5.82 Å². The van der Waals surface area contributed by atoms with Gasteiger partial charge in [-0.15, -0.1) is 0 Å². The van der Waals surface area contributed by atoms with Gasteiger partial charge in [-0.05, 0) is 37.1 Å². The molecule has 90 valence electrons. The van der Waals surface area contributed by atoms with Crippen molar-refractivity contribution >= 4 is 15.9 Å². The Morgan fingerprint density at radius 1 is 1.50 bits per heavy atom. The Labute approximate surface area is 104 Å². The van der Waals surface area contributed by atoms with Crippen LogP contribution in [0.4, 0.5) is 4.39 Å². The average molecular weight is 290 g/mol. The molecule has 0 heterocycles. The standard InChI is InChI=1S/C12H17BrFNO/c1-3-8(2)15-12(7-16)10-6-9(14)4-5-11(10)13/h4-6,8,12,15-16H,3,7H2,1-2H3. The summed E-state index contributed by atoms with van der Waals surface area (Å²) in [5, 5.41) is 12.6. The average Bonchev–Trinajstić information content (AvgIpc) is 2.29. The van der Waals surface area contributed by atoms with E-state index in [-0.39, 0.29) is 24.5 Å². The second kappa shape index (κ2) is 6.33. The van der Waals surface area contributed by atoms with Crippen LogP contribution in [0.1, 0.15) is 31.9 Å². The Balaban J connectivity index is 2.89. The number of nitrogens with one attached hydrogen (secondary N) is 1. The molecule has 2 atom stereocenters. The smallest absolute Gasteiger partial charge is 0.123 e. The van der Waals surface area contributed by atoms with Crippen molar-refractivity contribution in [3.63, 3.8) is 0 Å². The first kappa shape index (κ1) is 13.6. The Morgan fingerprint density at radius 3 is 2.75 bits per heavy atom. The number of halogens is 2. The normalized spacial score (nSPS) is 14.8. The van der Waals surface area contributed by atoms with Gasteiger partial charge in [0.05, 0.1) is 12.6 Å². The van der Waals surface area contributed by atoms with Gasteiger partial charge in [-0.2, -0.15) is 0 Å². The van der Waals surface area contributed by atoms with Crippen LogP contribution in [0.25, 0.3) is 0 Å². The van der Waals surface area contributed by atoms with E-state index < -0.39 is 0 Å².